The van der Waals surface area contributed by atoms with Crippen molar-refractivity contribution < 1.29 is 14.3 Å². The molecule has 2 aliphatic heterocycles. The van der Waals surface area contributed by atoms with Gasteiger partial charge in [0, 0.05) is 63.7 Å². The molecule has 1 aromatic carbocycles. The summed E-state index contributed by atoms with van der Waals surface area (Å²) in [5, 5.41) is 1.16. The number of piperidine rings is 1. The molecule has 0 saturated carbocycles. The van der Waals surface area contributed by atoms with E-state index in [0.29, 0.717) is 5.91 Å². The summed E-state index contributed by atoms with van der Waals surface area (Å²) in [4.78, 5) is 14.6. The first-order chi connectivity index (χ1) is 12.2. The number of aryl methyl sites for hydroxylation is 1. The van der Waals surface area contributed by atoms with Crippen LogP contribution < -0.4 is 4.74 Å². The van der Waals surface area contributed by atoms with E-state index in [9.17, 15) is 4.79 Å². The normalized spacial score (nSPS) is 20.1. The first kappa shape index (κ1) is 16.5. The maximum absolute atomic E-state index is 12.6. The number of carbonyl (C=O) groups excluding carboxylic acids is 1. The third-order valence-corrected chi connectivity index (χ3v) is 5.51. The van der Waals surface area contributed by atoms with Crippen LogP contribution in [-0.2, 0) is 16.6 Å². The first-order valence-corrected chi connectivity index (χ1v) is 9.29. The number of ether oxygens (including phenoxy) is 2. The zero-order valence-corrected chi connectivity index (χ0v) is 14.8. The highest BCUT2D eigenvalue weighted by molar-refractivity contribution is 5.86. The first-order valence-electron chi connectivity index (χ1n) is 9.29. The van der Waals surface area contributed by atoms with Gasteiger partial charge in [0.25, 0.3) is 0 Å². The second kappa shape index (κ2) is 7.08. The molecule has 0 atom stereocenters. The molecular formula is C20H26N2O3. The molecule has 2 aromatic rings. The topological polar surface area (TPSA) is 43.7 Å². The molecule has 0 radical (unpaired) electrons. The quantitative estimate of drug-likeness (QED) is 0.861. The van der Waals surface area contributed by atoms with Crippen LogP contribution in [0.5, 0.6) is 5.75 Å². The van der Waals surface area contributed by atoms with E-state index in [1.54, 1.807) is 0 Å². The SMILES string of the molecule is Cn1ccc2c(OC3CCN(C(=O)C4CCOCC4)CC3)cccc21. The summed E-state index contributed by atoms with van der Waals surface area (Å²) in [7, 11) is 2.05. The fourth-order valence-corrected chi connectivity index (χ4v) is 3.95. The van der Waals surface area contributed by atoms with E-state index in [1.165, 1.54) is 5.52 Å². The minimum Gasteiger partial charge on any atom is -0.490 e. The van der Waals surface area contributed by atoms with Crippen molar-refractivity contribution in [3.63, 3.8) is 0 Å². The Balaban J connectivity index is 1.36. The standard InChI is InChI=1S/C20H26N2O3/c1-21-10-7-17-18(21)3-2-4-19(17)25-16-5-11-22(12-6-16)20(23)15-8-13-24-14-9-15/h2-4,7,10,15-16H,5-6,8-9,11-14H2,1H3. The summed E-state index contributed by atoms with van der Waals surface area (Å²) in [6.07, 6.45) is 5.78. The van der Waals surface area contributed by atoms with Crippen molar-refractivity contribution in [2.75, 3.05) is 26.3 Å². The van der Waals surface area contributed by atoms with Crippen LogP contribution in [0.4, 0.5) is 0 Å². The van der Waals surface area contributed by atoms with Gasteiger partial charge in [0.05, 0.1) is 5.52 Å². The Morgan fingerprint density at radius 2 is 1.88 bits per heavy atom. The van der Waals surface area contributed by atoms with Gasteiger partial charge in [0.2, 0.25) is 5.91 Å². The third-order valence-electron chi connectivity index (χ3n) is 5.51. The van der Waals surface area contributed by atoms with Crippen LogP contribution in [-0.4, -0.2) is 47.8 Å². The van der Waals surface area contributed by atoms with Crippen LogP contribution in [0.25, 0.3) is 10.9 Å². The van der Waals surface area contributed by atoms with E-state index in [-0.39, 0.29) is 12.0 Å². The molecule has 25 heavy (non-hydrogen) atoms. The van der Waals surface area contributed by atoms with Crippen molar-refractivity contribution in [2.45, 2.75) is 31.8 Å². The van der Waals surface area contributed by atoms with Crippen molar-refractivity contribution >= 4 is 16.8 Å². The monoisotopic (exact) mass is 342 g/mol. The van der Waals surface area contributed by atoms with Gasteiger partial charge in [-0.05, 0) is 31.0 Å². The molecule has 0 spiro atoms. The second-order valence-electron chi connectivity index (χ2n) is 7.14. The Bertz CT molecular complexity index is 740. The molecule has 1 amide bonds. The molecule has 0 N–H and O–H groups in total. The zero-order valence-electron chi connectivity index (χ0n) is 14.8. The highest BCUT2D eigenvalue weighted by Gasteiger charge is 2.30. The summed E-state index contributed by atoms with van der Waals surface area (Å²) < 4.78 is 13.8. The minimum absolute atomic E-state index is 0.157. The van der Waals surface area contributed by atoms with E-state index in [0.717, 1.165) is 63.1 Å². The summed E-state index contributed by atoms with van der Waals surface area (Å²) in [5.41, 5.74) is 1.18. The highest BCUT2D eigenvalue weighted by atomic mass is 16.5. The van der Waals surface area contributed by atoms with E-state index in [4.69, 9.17) is 9.47 Å². The molecule has 1 aromatic heterocycles. The number of carbonyl (C=O) groups is 1. The maximum Gasteiger partial charge on any atom is 0.225 e. The Morgan fingerprint density at radius 3 is 2.64 bits per heavy atom. The largest absolute Gasteiger partial charge is 0.490 e. The average molecular weight is 342 g/mol. The lowest BCUT2D eigenvalue weighted by molar-refractivity contribution is -0.140. The van der Waals surface area contributed by atoms with Gasteiger partial charge in [-0.1, -0.05) is 6.07 Å². The fraction of sp³-hybridized carbons (Fsp3) is 0.550. The van der Waals surface area contributed by atoms with Gasteiger partial charge in [0.1, 0.15) is 11.9 Å². The van der Waals surface area contributed by atoms with Crippen LogP contribution in [0, 0.1) is 5.92 Å². The molecule has 2 saturated heterocycles. The Morgan fingerprint density at radius 1 is 1.12 bits per heavy atom. The predicted octanol–water partition coefficient (Wildman–Crippen LogP) is 2.97. The van der Waals surface area contributed by atoms with E-state index >= 15 is 0 Å². The van der Waals surface area contributed by atoms with Crippen molar-refractivity contribution in [1.29, 1.82) is 0 Å². The highest BCUT2D eigenvalue weighted by Crippen LogP contribution is 2.29. The van der Waals surface area contributed by atoms with Gasteiger partial charge in [-0.3, -0.25) is 4.79 Å². The van der Waals surface area contributed by atoms with Gasteiger partial charge >= 0.3 is 0 Å². The number of fused-ring (bicyclic) bond motifs is 1. The van der Waals surface area contributed by atoms with Gasteiger partial charge in [0.15, 0.2) is 0 Å². The van der Waals surface area contributed by atoms with Crippen LogP contribution in [0.2, 0.25) is 0 Å². The Hall–Kier alpha value is -2.01. The molecule has 134 valence electrons. The number of amides is 1. The molecule has 0 unspecified atom stereocenters. The smallest absolute Gasteiger partial charge is 0.225 e. The third kappa shape index (κ3) is 3.38. The fourth-order valence-electron chi connectivity index (χ4n) is 3.95. The molecule has 4 rings (SSSR count). The van der Waals surface area contributed by atoms with E-state index in [1.807, 2.05) is 24.1 Å². The molecule has 3 heterocycles. The number of nitrogens with zero attached hydrogens (tertiary/aromatic N) is 2. The van der Waals surface area contributed by atoms with Crippen molar-refractivity contribution in [2.24, 2.45) is 13.0 Å². The number of rotatable bonds is 3. The summed E-state index contributed by atoms with van der Waals surface area (Å²) in [6, 6.07) is 8.30. The molecule has 2 fully saturated rings. The lowest BCUT2D eigenvalue weighted by atomic mass is 9.97. The van der Waals surface area contributed by atoms with Gasteiger partial charge in [-0.2, -0.15) is 0 Å². The summed E-state index contributed by atoms with van der Waals surface area (Å²) in [6.45, 7) is 3.03. The van der Waals surface area contributed by atoms with Gasteiger partial charge < -0.3 is 18.9 Å². The molecule has 5 nitrogen and oxygen atoms in total. The van der Waals surface area contributed by atoms with E-state index in [2.05, 4.69) is 22.9 Å². The lowest BCUT2D eigenvalue weighted by Gasteiger charge is -2.35. The number of aromatic nitrogens is 1. The Kier molecular flexibility index (Phi) is 4.66. The number of hydrogen-bond acceptors (Lipinski definition) is 3. The molecule has 0 bridgehead atoms. The minimum atomic E-state index is 0.157. The van der Waals surface area contributed by atoms with Crippen LogP contribution >= 0.6 is 0 Å². The number of benzene rings is 1. The Labute approximate surface area is 148 Å². The number of hydrogen-bond donors (Lipinski definition) is 0. The van der Waals surface area contributed by atoms with Gasteiger partial charge in [-0.25, -0.2) is 0 Å². The van der Waals surface area contributed by atoms with Crippen LogP contribution in [0.15, 0.2) is 30.5 Å². The predicted molar refractivity (Wildman–Crippen MR) is 96.7 cm³/mol. The molecule has 2 aliphatic rings. The molecule has 5 heteroatoms. The molecule has 0 aliphatic carbocycles. The van der Waals surface area contributed by atoms with Crippen molar-refractivity contribution in [3.8, 4) is 5.75 Å². The number of likely N-dealkylation sites (tertiary alicyclic amines) is 1. The zero-order chi connectivity index (χ0) is 17.2. The summed E-state index contributed by atoms with van der Waals surface area (Å²) in [5.74, 6) is 1.42. The van der Waals surface area contributed by atoms with Crippen molar-refractivity contribution in [3.05, 3.63) is 30.5 Å². The van der Waals surface area contributed by atoms with E-state index < -0.39 is 0 Å². The summed E-state index contributed by atoms with van der Waals surface area (Å²) >= 11 is 0. The lowest BCUT2D eigenvalue weighted by Crippen LogP contribution is -2.45. The van der Waals surface area contributed by atoms with Crippen LogP contribution in [0.3, 0.4) is 0 Å². The van der Waals surface area contributed by atoms with Gasteiger partial charge in [-0.15, -0.1) is 0 Å². The maximum atomic E-state index is 12.6. The molecular weight excluding hydrogens is 316 g/mol. The van der Waals surface area contributed by atoms with Crippen molar-refractivity contribution in [1.82, 2.24) is 9.47 Å². The average Bonchev–Trinajstić information content (AvgIpc) is 3.05. The second-order valence-corrected chi connectivity index (χ2v) is 7.14. The van der Waals surface area contributed by atoms with Crippen LogP contribution in [0.1, 0.15) is 25.7 Å².